The van der Waals surface area contributed by atoms with E-state index < -0.39 is 10.2 Å². The molecule has 1 saturated carbocycles. The molecule has 0 aromatic carbocycles. The maximum atomic E-state index is 12.1. The molecule has 3 N–H and O–H groups in total. The predicted octanol–water partition coefficient (Wildman–Crippen LogP) is -0.969. The molecule has 0 radical (unpaired) electrons. The van der Waals surface area contributed by atoms with Crippen molar-refractivity contribution in [3.05, 3.63) is 0 Å². The summed E-state index contributed by atoms with van der Waals surface area (Å²) in [6.45, 7) is 1.93. The minimum atomic E-state index is -3.37. The van der Waals surface area contributed by atoms with Crippen LogP contribution in [0.1, 0.15) is 19.3 Å². The van der Waals surface area contributed by atoms with Gasteiger partial charge in [0.25, 0.3) is 10.2 Å². The van der Waals surface area contributed by atoms with Crippen LogP contribution in [0.15, 0.2) is 0 Å². The molecule has 0 aromatic rings. The zero-order valence-electron chi connectivity index (χ0n) is 9.71. The van der Waals surface area contributed by atoms with Crippen LogP contribution in [-0.4, -0.2) is 50.6 Å². The highest BCUT2D eigenvalue weighted by Gasteiger charge is 2.53. The monoisotopic (exact) mass is 261 g/mol. The molecule has 6 nitrogen and oxygen atoms in total. The Labute approximate surface area is 102 Å². The Morgan fingerprint density at radius 1 is 1.29 bits per heavy atom. The minimum absolute atomic E-state index is 0.0117. The molecule has 4 atom stereocenters. The zero-order valence-corrected chi connectivity index (χ0v) is 10.5. The van der Waals surface area contributed by atoms with Crippen molar-refractivity contribution in [3.63, 3.8) is 0 Å². The van der Waals surface area contributed by atoms with Crippen molar-refractivity contribution in [2.75, 3.05) is 19.7 Å². The summed E-state index contributed by atoms with van der Waals surface area (Å²) >= 11 is 0. The third-order valence-corrected chi connectivity index (χ3v) is 5.75. The molecule has 4 unspecified atom stereocenters. The van der Waals surface area contributed by atoms with Crippen LogP contribution in [0.5, 0.6) is 0 Å². The first kappa shape index (κ1) is 11.9. The fourth-order valence-electron chi connectivity index (χ4n) is 3.07. The number of ether oxygens (including phenoxy) is 1. The second kappa shape index (κ2) is 4.17. The fourth-order valence-corrected chi connectivity index (χ4v) is 4.59. The Hall–Kier alpha value is -0.210. The second-order valence-corrected chi connectivity index (χ2v) is 6.82. The average molecular weight is 261 g/mol. The lowest BCUT2D eigenvalue weighted by atomic mass is 9.73. The lowest BCUT2D eigenvalue weighted by Gasteiger charge is -2.45. The average Bonchev–Trinajstić information content (AvgIpc) is 2.95. The van der Waals surface area contributed by atoms with Gasteiger partial charge in [-0.3, -0.25) is 0 Å². The van der Waals surface area contributed by atoms with Crippen molar-refractivity contribution >= 4 is 10.2 Å². The van der Waals surface area contributed by atoms with Crippen molar-refractivity contribution in [1.29, 1.82) is 0 Å². The van der Waals surface area contributed by atoms with E-state index in [-0.39, 0.29) is 18.2 Å². The Morgan fingerprint density at radius 2 is 2.00 bits per heavy atom. The third-order valence-electron chi connectivity index (χ3n) is 4.14. The fraction of sp³-hybridized carbons (Fsp3) is 1.00. The van der Waals surface area contributed by atoms with Crippen molar-refractivity contribution < 1.29 is 13.2 Å². The maximum absolute atomic E-state index is 12.1. The van der Waals surface area contributed by atoms with Gasteiger partial charge >= 0.3 is 0 Å². The molecule has 2 saturated heterocycles. The molecule has 3 aliphatic rings. The quantitative estimate of drug-likeness (QED) is 0.684. The van der Waals surface area contributed by atoms with Crippen molar-refractivity contribution in [1.82, 2.24) is 9.03 Å². The number of hydrogen-bond donors (Lipinski definition) is 2. The van der Waals surface area contributed by atoms with E-state index in [2.05, 4.69) is 4.72 Å². The van der Waals surface area contributed by atoms with E-state index in [4.69, 9.17) is 10.5 Å². The van der Waals surface area contributed by atoms with Crippen molar-refractivity contribution in [3.8, 4) is 0 Å². The highest BCUT2D eigenvalue weighted by molar-refractivity contribution is 7.87. The molecule has 0 bridgehead atoms. The molecule has 3 rings (SSSR count). The summed E-state index contributed by atoms with van der Waals surface area (Å²) in [6, 6.07) is -0.340. The molecule has 0 amide bonds. The Balaban J connectivity index is 1.66. The molecular weight excluding hydrogens is 242 g/mol. The van der Waals surface area contributed by atoms with Crippen LogP contribution < -0.4 is 10.5 Å². The standard InChI is InChI=1S/C10H19N3O3S/c11-8-7-3-6-16-10(7)9(8)12-17(14,15)13-4-1-2-5-13/h7-10,12H,1-6,11H2. The summed E-state index contributed by atoms with van der Waals surface area (Å²) < 4.78 is 33.9. The Bertz CT molecular complexity index is 394. The second-order valence-electron chi connectivity index (χ2n) is 5.12. The number of nitrogens with two attached hydrogens (primary N) is 1. The maximum Gasteiger partial charge on any atom is 0.279 e. The van der Waals surface area contributed by atoms with E-state index in [1.807, 2.05) is 0 Å². The molecular formula is C10H19N3O3S. The molecule has 7 heteroatoms. The van der Waals surface area contributed by atoms with Crippen LogP contribution >= 0.6 is 0 Å². The zero-order chi connectivity index (χ0) is 12.0. The molecule has 98 valence electrons. The smallest absolute Gasteiger partial charge is 0.279 e. The third kappa shape index (κ3) is 1.90. The highest BCUT2D eigenvalue weighted by atomic mass is 32.2. The number of nitrogens with zero attached hydrogens (tertiary/aromatic N) is 1. The lowest BCUT2D eigenvalue weighted by molar-refractivity contribution is -0.00975. The molecule has 0 aromatic heterocycles. The van der Waals surface area contributed by atoms with E-state index in [9.17, 15) is 8.42 Å². The predicted molar refractivity (Wildman–Crippen MR) is 62.5 cm³/mol. The number of nitrogens with one attached hydrogen (secondary N) is 1. The van der Waals surface area contributed by atoms with Crippen LogP contribution in [0.3, 0.4) is 0 Å². The van der Waals surface area contributed by atoms with Crippen molar-refractivity contribution in [2.45, 2.75) is 37.5 Å². The van der Waals surface area contributed by atoms with Gasteiger partial charge in [-0.15, -0.1) is 0 Å². The van der Waals surface area contributed by atoms with E-state index in [1.165, 1.54) is 4.31 Å². The van der Waals surface area contributed by atoms with Crippen molar-refractivity contribution in [2.24, 2.45) is 11.7 Å². The van der Waals surface area contributed by atoms with Gasteiger partial charge in [0.1, 0.15) is 0 Å². The topological polar surface area (TPSA) is 84.7 Å². The molecule has 2 heterocycles. The number of fused-ring (bicyclic) bond motifs is 1. The molecule has 3 fully saturated rings. The van der Waals surface area contributed by atoms with Gasteiger partial charge in [0.05, 0.1) is 12.1 Å². The number of rotatable bonds is 3. The summed E-state index contributed by atoms with van der Waals surface area (Å²) in [7, 11) is -3.37. The van der Waals surface area contributed by atoms with Gasteiger partial charge in [-0.25, -0.2) is 0 Å². The summed E-state index contributed by atoms with van der Waals surface area (Å²) in [4.78, 5) is 0. The molecule has 0 spiro atoms. The SMILES string of the molecule is NC1C2CCOC2C1NS(=O)(=O)N1CCCC1. The molecule has 2 aliphatic heterocycles. The van der Waals surface area contributed by atoms with Gasteiger partial charge in [-0.05, 0) is 19.3 Å². The van der Waals surface area contributed by atoms with E-state index in [1.54, 1.807) is 0 Å². The largest absolute Gasteiger partial charge is 0.376 e. The summed E-state index contributed by atoms with van der Waals surface area (Å²) in [6.07, 6.45) is 2.83. The van der Waals surface area contributed by atoms with Gasteiger partial charge < -0.3 is 10.5 Å². The first-order valence-electron chi connectivity index (χ1n) is 6.24. The number of hydrogen-bond acceptors (Lipinski definition) is 4. The van der Waals surface area contributed by atoms with Gasteiger partial charge in [0.15, 0.2) is 0 Å². The van der Waals surface area contributed by atoms with E-state index in [0.29, 0.717) is 25.6 Å². The van der Waals surface area contributed by atoms with Gasteiger partial charge in [-0.2, -0.15) is 17.4 Å². The summed E-state index contributed by atoms with van der Waals surface area (Å²) in [5, 5.41) is 0. The first-order valence-corrected chi connectivity index (χ1v) is 7.68. The van der Waals surface area contributed by atoms with Crippen LogP contribution in [0.4, 0.5) is 0 Å². The van der Waals surface area contributed by atoms with Gasteiger partial charge in [-0.1, -0.05) is 0 Å². The minimum Gasteiger partial charge on any atom is -0.376 e. The first-order chi connectivity index (χ1) is 8.09. The molecule has 1 aliphatic carbocycles. The van der Waals surface area contributed by atoms with E-state index in [0.717, 1.165) is 19.3 Å². The van der Waals surface area contributed by atoms with Crippen LogP contribution in [0, 0.1) is 5.92 Å². The Morgan fingerprint density at radius 3 is 2.71 bits per heavy atom. The highest BCUT2D eigenvalue weighted by Crippen LogP contribution is 2.38. The summed E-state index contributed by atoms with van der Waals surface area (Å²) in [5.74, 6) is 0.335. The Kier molecular flexibility index (Phi) is 2.91. The van der Waals surface area contributed by atoms with Crippen LogP contribution in [0.2, 0.25) is 0 Å². The van der Waals surface area contributed by atoms with E-state index >= 15 is 0 Å². The summed E-state index contributed by atoms with van der Waals surface area (Å²) in [5.41, 5.74) is 5.99. The van der Waals surface area contributed by atoms with Crippen LogP contribution in [0.25, 0.3) is 0 Å². The normalized spacial score (nSPS) is 42.4. The molecule has 17 heavy (non-hydrogen) atoms. The lowest BCUT2D eigenvalue weighted by Crippen LogP contribution is -2.69. The van der Waals surface area contributed by atoms with Gasteiger partial charge in [0.2, 0.25) is 0 Å². The van der Waals surface area contributed by atoms with Gasteiger partial charge in [0, 0.05) is 31.7 Å². The van der Waals surface area contributed by atoms with Crippen LogP contribution in [-0.2, 0) is 14.9 Å².